The highest BCUT2D eigenvalue weighted by Crippen LogP contribution is 2.31. The van der Waals surface area contributed by atoms with Crippen LogP contribution in [0.4, 0.5) is 26.0 Å². The SMILES string of the molecule is C=CC(=O)Nc1cc2c(Nc3cccc(Cl)c3F)ncnc2cc1C#C[C@@]1(F)CCN(C)C1. The van der Waals surface area contributed by atoms with Crippen molar-refractivity contribution in [2.75, 3.05) is 30.8 Å². The minimum atomic E-state index is -1.63. The fraction of sp³-hybridized carbons (Fsp3) is 0.208. The zero-order chi connectivity index (χ0) is 23.6. The molecule has 0 bridgehead atoms. The van der Waals surface area contributed by atoms with Crippen LogP contribution in [-0.2, 0) is 4.79 Å². The number of nitrogens with zero attached hydrogens (tertiary/aromatic N) is 3. The first-order valence-electron chi connectivity index (χ1n) is 10.1. The molecular formula is C24H20ClF2N5O. The van der Waals surface area contributed by atoms with Crippen molar-refractivity contribution in [3.8, 4) is 11.8 Å². The summed E-state index contributed by atoms with van der Waals surface area (Å²) in [5.74, 6) is 4.80. The second kappa shape index (κ2) is 9.14. The molecule has 3 aromatic rings. The minimum Gasteiger partial charge on any atom is -0.337 e. The van der Waals surface area contributed by atoms with Crippen molar-refractivity contribution in [3.05, 3.63) is 65.7 Å². The lowest BCUT2D eigenvalue weighted by molar-refractivity contribution is -0.111. The van der Waals surface area contributed by atoms with Crippen molar-refractivity contribution in [2.24, 2.45) is 0 Å². The van der Waals surface area contributed by atoms with Crippen LogP contribution >= 0.6 is 11.6 Å². The van der Waals surface area contributed by atoms with Gasteiger partial charge in [-0.1, -0.05) is 36.1 Å². The topological polar surface area (TPSA) is 70.1 Å². The molecule has 1 amide bonds. The highest BCUT2D eigenvalue weighted by molar-refractivity contribution is 6.31. The molecule has 9 heteroatoms. The van der Waals surface area contributed by atoms with Crippen molar-refractivity contribution in [3.63, 3.8) is 0 Å². The first-order chi connectivity index (χ1) is 15.8. The average Bonchev–Trinajstić information content (AvgIpc) is 3.14. The number of amides is 1. The molecule has 0 aliphatic carbocycles. The van der Waals surface area contributed by atoms with E-state index in [1.807, 2.05) is 11.9 Å². The van der Waals surface area contributed by atoms with E-state index >= 15 is 0 Å². The van der Waals surface area contributed by atoms with Gasteiger partial charge >= 0.3 is 0 Å². The molecule has 168 valence electrons. The first kappa shape index (κ1) is 22.6. The molecule has 0 unspecified atom stereocenters. The van der Waals surface area contributed by atoms with Crippen molar-refractivity contribution in [1.82, 2.24) is 14.9 Å². The highest BCUT2D eigenvalue weighted by atomic mass is 35.5. The molecule has 33 heavy (non-hydrogen) atoms. The van der Waals surface area contributed by atoms with E-state index in [9.17, 15) is 13.6 Å². The summed E-state index contributed by atoms with van der Waals surface area (Å²) in [6.45, 7) is 4.29. The van der Waals surface area contributed by atoms with Crippen LogP contribution in [0.2, 0.25) is 5.02 Å². The maximum Gasteiger partial charge on any atom is 0.247 e. The first-order valence-corrected chi connectivity index (χ1v) is 10.5. The van der Waals surface area contributed by atoms with E-state index in [1.54, 1.807) is 18.2 Å². The van der Waals surface area contributed by atoms with Crippen LogP contribution in [-0.4, -0.2) is 46.6 Å². The van der Waals surface area contributed by atoms with Crippen LogP contribution in [0.3, 0.4) is 0 Å². The van der Waals surface area contributed by atoms with Crippen LogP contribution in [0.1, 0.15) is 12.0 Å². The van der Waals surface area contributed by atoms with E-state index in [2.05, 4.69) is 39.0 Å². The summed E-state index contributed by atoms with van der Waals surface area (Å²) in [6.07, 6.45) is 2.74. The summed E-state index contributed by atoms with van der Waals surface area (Å²) in [6, 6.07) is 7.80. The number of anilines is 3. The fourth-order valence-corrected chi connectivity index (χ4v) is 3.73. The predicted octanol–water partition coefficient (Wildman–Crippen LogP) is 4.69. The van der Waals surface area contributed by atoms with Gasteiger partial charge in [-0.05, 0) is 37.4 Å². The van der Waals surface area contributed by atoms with Gasteiger partial charge in [0.25, 0.3) is 0 Å². The number of halogens is 3. The van der Waals surface area contributed by atoms with Crippen molar-refractivity contribution >= 4 is 45.6 Å². The molecular weight excluding hydrogens is 448 g/mol. The molecule has 2 heterocycles. The molecule has 2 aromatic carbocycles. The molecule has 1 aromatic heterocycles. The molecule has 0 spiro atoms. The number of carbonyl (C=O) groups excluding carboxylic acids is 1. The number of carbonyl (C=O) groups is 1. The van der Waals surface area contributed by atoms with Crippen molar-refractivity contribution in [2.45, 2.75) is 12.1 Å². The zero-order valence-electron chi connectivity index (χ0n) is 17.8. The summed E-state index contributed by atoms with van der Waals surface area (Å²) in [5, 5.41) is 6.07. The second-order valence-electron chi connectivity index (χ2n) is 7.76. The van der Waals surface area contributed by atoms with Crippen molar-refractivity contribution < 1.29 is 13.6 Å². The number of hydrogen-bond acceptors (Lipinski definition) is 5. The standard InChI is InChI=1S/C24H20ClF2N5O/c1-3-21(33)30-19-12-16-20(11-15(19)7-8-24(27)9-10-32(2)13-24)28-14-29-23(16)31-18-6-4-5-17(25)22(18)26/h3-6,11-12,14H,1,9-10,13H2,2H3,(H,30,33)(H,28,29,31)/t24-/m1/s1. The zero-order valence-corrected chi connectivity index (χ0v) is 18.5. The van der Waals surface area contributed by atoms with Crippen LogP contribution in [0.5, 0.6) is 0 Å². The lowest BCUT2D eigenvalue weighted by Crippen LogP contribution is -2.25. The molecule has 1 aliphatic heterocycles. The predicted molar refractivity (Wildman–Crippen MR) is 126 cm³/mol. The van der Waals surface area contributed by atoms with Gasteiger partial charge in [0.15, 0.2) is 11.5 Å². The second-order valence-corrected chi connectivity index (χ2v) is 8.17. The van der Waals surface area contributed by atoms with Gasteiger partial charge in [0.1, 0.15) is 12.1 Å². The largest absolute Gasteiger partial charge is 0.337 e. The number of nitrogens with one attached hydrogen (secondary N) is 2. The van der Waals surface area contributed by atoms with Gasteiger partial charge < -0.3 is 15.5 Å². The molecule has 1 atom stereocenters. The Balaban J connectivity index is 1.79. The number of benzene rings is 2. The van der Waals surface area contributed by atoms with E-state index in [0.717, 1.165) is 6.08 Å². The summed E-state index contributed by atoms with van der Waals surface area (Å²) < 4.78 is 29.4. The Morgan fingerprint density at radius 1 is 1.33 bits per heavy atom. The van der Waals surface area contributed by atoms with Gasteiger partial charge in [-0.3, -0.25) is 4.79 Å². The van der Waals surface area contributed by atoms with Crippen LogP contribution in [0.25, 0.3) is 10.9 Å². The van der Waals surface area contributed by atoms with Gasteiger partial charge in [0.2, 0.25) is 5.91 Å². The lowest BCUT2D eigenvalue weighted by Gasteiger charge is -2.13. The Labute approximate surface area is 194 Å². The fourth-order valence-electron chi connectivity index (χ4n) is 3.56. The Kier molecular flexibility index (Phi) is 6.27. The van der Waals surface area contributed by atoms with Crippen LogP contribution < -0.4 is 10.6 Å². The monoisotopic (exact) mass is 467 g/mol. The summed E-state index contributed by atoms with van der Waals surface area (Å²) in [4.78, 5) is 22.4. The third-order valence-corrected chi connectivity index (χ3v) is 5.55. The molecule has 2 N–H and O–H groups in total. The van der Waals surface area contributed by atoms with E-state index in [4.69, 9.17) is 11.6 Å². The molecule has 1 fully saturated rings. The van der Waals surface area contributed by atoms with E-state index in [0.29, 0.717) is 40.9 Å². The third-order valence-electron chi connectivity index (χ3n) is 5.25. The molecule has 6 nitrogen and oxygen atoms in total. The maximum atomic E-state index is 15.0. The smallest absolute Gasteiger partial charge is 0.247 e. The van der Waals surface area contributed by atoms with E-state index < -0.39 is 17.4 Å². The number of likely N-dealkylation sites (tertiary alicyclic amines) is 1. The van der Waals surface area contributed by atoms with Gasteiger partial charge in [0.05, 0.1) is 27.5 Å². The van der Waals surface area contributed by atoms with Gasteiger partial charge in [-0.2, -0.15) is 0 Å². The molecule has 4 rings (SSSR count). The molecule has 1 aliphatic rings. The maximum absolute atomic E-state index is 15.0. The molecule has 0 saturated carbocycles. The quantitative estimate of drug-likeness (QED) is 0.430. The number of fused-ring (bicyclic) bond motifs is 1. The lowest BCUT2D eigenvalue weighted by atomic mass is 10.0. The van der Waals surface area contributed by atoms with Gasteiger partial charge in [-0.15, -0.1) is 0 Å². The Bertz CT molecular complexity index is 1320. The minimum absolute atomic E-state index is 0.0347. The third kappa shape index (κ3) is 4.95. The number of aromatic nitrogens is 2. The average molecular weight is 468 g/mol. The van der Waals surface area contributed by atoms with E-state index in [1.165, 1.54) is 18.5 Å². The highest BCUT2D eigenvalue weighted by Gasteiger charge is 2.34. The number of hydrogen-bond donors (Lipinski definition) is 2. The summed E-state index contributed by atoms with van der Waals surface area (Å²) >= 11 is 5.87. The van der Waals surface area contributed by atoms with Crippen LogP contribution in [0.15, 0.2) is 49.3 Å². The van der Waals surface area contributed by atoms with Crippen molar-refractivity contribution in [1.29, 1.82) is 0 Å². The number of alkyl halides is 1. The Morgan fingerprint density at radius 3 is 2.88 bits per heavy atom. The van der Waals surface area contributed by atoms with Crippen LogP contribution in [0, 0.1) is 17.7 Å². The number of rotatable bonds is 4. The molecule has 0 radical (unpaired) electrons. The Morgan fingerprint density at radius 2 is 2.15 bits per heavy atom. The van der Waals surface area contributed by atoms with Gasteiger partial charge in [0, 0.05) is 24.9 Å². The Hall–Kier alpha value is -3.54. The van der Waals surface area contributed by atoms with E-state index in [-0.39, 0.29) is 17.3 Å². The normalized spacial score (nSPS) is 17.9. The summed E-state index contributed by atoms with van der Waals surface area (Å²) in [5.41, 5.74) is -0.298. The molecule has 1 saturated heterocycles. The van der Waals surface area contributed by atoms with Gasteiger partial charge in [-0.25, -0.2) is 18.7 Å². The summed E-state index contributed by atoms with van der Waals surface area (Å²) in [7, 11) is 1.84.